The number of thiophene rings is 1. The summed E-state index contributed by atoms with van der Waals surface area (Å²) in [6.07, 6.45) is 7.40. The van der Waals surface area contributed by atoms with Crippen LogP contribution in [-0.2, 0) is 9.53 Å². The quantitative estimate of drug-likeness (QED) is 0.265. The first kappa shape index (κ1) is 24.5. The molecule has 6 nitrogen and oxygen atoms in total. The second-order valence-corrected chi connectivity index (χ2v) is 9.61. The summed E-state index contributed by atoms with van der Waals surface area (Å²) in [5, 5.41) is 18.0. The molecule has 2 heterocycles. The van der Waals surface area contributed by atoms with Crippen LogP contribution in [0.2, 0.25) is 0 Å². The van der Waals surface area contributed by atoms with E-state index < -0.39 is 17.6 Å². The largest absolute Gasteiger partial charge is 0.460 e. The first-order chi connectivity index (χ1) is 14.4. The zero-order valence-electron chi connectivity index (χ0n) is 19.4. The fourth-order valence-electron chi connectivity index (χ4n) is 3.26. The van der Waals surface area contributed by atoms with E-state index >= 15 is 0 Å². The SMILES string of the molecule is C=C/C(=C\C=C/C)C1=NC(CC(=O)OC(C)(C)C)C(=N)N(C(C)=N)c2sc(C)c(C)c21. The van der Waals surface area contributed by atoms with Crippen LogP contribution in [0.25, 0.3) is 0 Å². The summed E-state index contributed by atoms with van der Waals surface area (Å²) < 4.78 is 5.49. The Morgan fingerprint density at radius 1 is 1.35 bits per heavy atom. The number of nitrogens with zero attached hydrogens (tertiary/aromatic N) is 2. The zero-order valence-corrected chi connectivity index (χ0v) is 20.2. The number of nitrogens with one attached hydrogen (secondary N) is 2. The van der Waals surface area contributed by atoms with E-state index in [4.69, 9.17) is 20.5 Å². The molecular weight excluding hydrogens is 408 g/mol. The summed E-state index contributed by atoms with van der Waals surface area (Å²) in [6.45, 7) is 17.0. The Balaban J connectivity index is 2.74. The van der Waals surface area contributed by atoms with Gasteiger partial charge in [-0.15, -0.1) is 11.3 Å². The van der Waals surface area contributed by atoms with E-state index in [1.54, 1.807) is 17.9 Å². The molecular formula is C24H32N4O2S. The number of ether oxygens (including phenoxy) is 1. The van der Waals surface area contributed by atoms with Gasteiger partial charge in [-0.3, -0.25) is 25.5 Å². The molecule has 1 aliphatic heterocycles. The Morgan fingerprint density at radius 2 is 2.00 bits per heavy atom. The van der Waals surface area contributed by atoms with Gasteiger partial charge in [0.1, 0.15) is 28.3 Å². The lowest BCUT2D eigenvalue weighted by atomic mass is 9.99. The normalized spacial score (nSPS) is 17.3. The molecule has 0 amide bonds. The average molecular weight is 441 g/mol. The molecule has 1 unspecified atom stereocenters. The summed E-state index contributed by atoms with van der Waals surface area (Å²) in [5.74, 6) is -0.135. The van der Waals surface area contributed by atoms with E-state index in [-0.39, 0.29) is 18.1 Å². The number of hydrogen-bond donors (Lipinski definition) is 2. The maximum Gasteiger partial charge on any atom is 0.308 e. The summed E-state index contributed by atoms with van der Waals surface area (Å²) >= 11 is 1.52. The summed E-state index contributed by atoms with van der Waals surface area (Å²) in [6, 6.07) is -0.779. The number of rotatable bonds is 5. The number of carbonyl (C=O) groups is 1. The highest BCUT2D eigenvalue weighted by Crippen LogP contribution is 2.40. The molecule has 0 spiro atoms. The van der Waals surface area contributed by atoms with E-state index in [0.29, 0.717) is 5.71 Å². The molecule has 2 N–H and O–H groups in total. The fraction of sp³-hybridized carbons (Fsp3) is 0.417. The van der Waals surface area contributed by atoms with Crippen LogP contribution < -0.4 is 4.90 Å². The molecule has 0 radical (unpaired) electrons. The van der Waals surface area contributed by atoms with Gasteiger partial charge in [0.05, 0.1) is 12.1 Å². The smallest absolute Gasteiger partial charge is 0.308 e. The van der Waals surface area contributed by atoms with E-state index in [2.05, 4.69) is 6.58 Å². The molecule has 7 heteroatoms. The minimum absolute atomic E-state index is 0.0790. The summed E-state index contributed by atoms with van der Waals surface area (Å²) in [5.41, 5.74) is 2.77. The molecule has 0 aliphatic carbocycles. The molecule has 0 fully saturated rings. The summed E-state index contributed by atoms with van der Waals surface area (Å²) in [4.78, 5) is 20.2. The number of aryl methyl sites for hydroxylation is 1. The van der Waals surface area contributed by atoms with Crippen LogP contribution in [-0.4, -0.2) is 35.0 Å². The predicted octanol–water partition coefficient (Wildman–Crippen LogP) is 5.74. The molecule has 2 rings (SSSR count). The number of carbonyl (C=O) groups excluding carboxylic acids is 1. The second kappa shape index (κ2) is 9.56. The van der Waals surface area contributed by atoms with Crippen molar-refractivity contribution in [2.24, 2.45) is 4.99 Å². The van der Waals surface area contributed by atoms with Crippen LogP contribution in [0, 0.1) is 24.7 Å². The maximum absolute atomic E-state index is 12.6. The van der Waals surface area contributed by atoms with Crippen LogP contribution in [0.3, 0.4) is 0 Å². The molecule has 0 saturated carbocycles. The summed E-state index contributed by atoms with van der Waals surface area (Å²) in [7, 11) is 0. The van der Waals surface area contributed by atoms with Gasteiger partial charge in [0.2, 0.25) is 0 Å². The molecule has 1 aromatic heterocycles. The monoisotopic (exact) mass is 440 g/mol. The molecule has 1 atom stereocenters. The van der Waals surface area contributed by atoms with E-state index in [1.807, 2.05) is 59.8 Å². The lowest BCUT2D eigenvalue weighted by Crippen LogP contribution is -2.41. The standard InChI is InChI=1S/C24H32N4O2S/c1-9-11-12-17(10-2)21-20-14(3)15(4)31-23(20)28(16(5)25)22(26)18(27-21)13-19(29)30-24(6,7)8/h9-12,18,25-26H,2,13H2,1,3-8H3/b11-9-,17-12+,25-16?,26-22?. The topological polar surface area (TPSA) is 89.6 Å². The van der Waals surface area contributed by atoms with Crippen molar-refractivity contribution in [3.05, 3.63) is 52.5 Å². The van der Waals surface area contributed by atoms with Gasteiger partial charge in [0, 0.05) is 10.4 Å². The van der Waals surface area contributed by atoms with Crippen molar-refractivity contribution in [1.82, 2.24) is 0 Å². The predicted molar refractivity (Wildman–Crippen MR) is 131 cm³/mol. The molecule has 31 heavy (non-hydrogen) atoms. The maximum atomic E-state index is 12.6. The highest BCUT2D eigenvalue weighted by Gasteiger charge is 2.35. The Labute approximate surface area is 189 Å². The van der Waals surface area contributed by atoms with Gasteiger partial charge in [-0.2, -0.15) is 0 Å². The van der Waals surface area contributed by atoms with Crippen molar-refractivity contribution in [3.63, 3.8) is 0 Å². The Bertz CT molecular complexity index is 1010. The van der Waals surface area contributed by atoms with E-state index in [9.17, 15) is 4.79 Å². The first-order valence-electron chi connectivity index (χ1n) is 10.2. The third kappa shape index (κ3) is 5.47. The van der Waals surface area contributed by atoms with Crippen molar-refractivity contribution >= 4 is 39.7 Å². The number of anilines is 1. The van der Waals surface area contributed by atoms with Crippen molar-refractivity contribution < 1.29 is 9.53 Å². The average Bonchev–Trinajstić information content (AvgIpc) is 2.86. The van der Waals surface area contributed by atoms with Crippen LogP contribution in [0.15, 0.2) is 41.4 Å². The van der Waals surface area contributed by atoms with Crippen LogP contribution >= 0.6 is 11.3 Å². The van der Waals surface area contributed by atoms with Crippen LogP contribution in [0.5, 0.6) is 0 Å². The zero-order chi connectivity index (χ0) is 23.5. The molecule has 0 aromatic carbocycles. The number of esters is 1. The number of hydrogen-bond acceptors (Lipinski definition) is 6. The van der Waals surface area contributed by atoms with Crippen molar-refractivity contribution in [2.45, 2.75) is 66.5 Å². The first-order valence-corrected chi connectivity index (χ1v) is 11.0. The number of amidine groups is 2. The molecule has 1 aromatic rings. The molecule has 166 valence electrons. The highest BCUT2D eigenvalue weighted by atomic mass is 32.1. The van der Waals surface area contributed by atoms with Gasteiger partial charge in [-0.25, -0.2) is 0 Å². The van der Waals surface area contributed by atoms with Gasteiger partial charge in [0.25, 0.3) is 0 Å². The minimum Gasteiger partial charge on any atom is -0.460 e. The van der Waals surface area contributed by atoms with Gasteiger partial charge >= 0.3 is 5.97 Å². The number of allylic oxidation sites excluding steroid dienone is 5. The third-order valence-electron chi connectivity index (χ3n) is 4.73. The fourth-order valence-corrected chi connectivity index (χ4v) is 4.49. The molecule has 1 aliphatic rings. The van der Waals surface area contributed by atoms with E-state index in [0.717, 1.165) is 26.6 Å². The lowest BCUT2D eigenvalue weighted by Gasteiger charge is -2.25. The Hall–Kier alpha value is -2.80. The van der Waals surface area contributed by atoms with Crippen molar-refractivity contribution in [1.29, 1.82) is 10.8 Å². The van der Waals surface area contributed by atoms with Crippen LogP contribution in [0.1, 0.15) is 57.0 Å². The molecule has 0 saturated heterocycles. The third-order valence-corrected chi connectivity index (χ3v) is 5.92. The highest BCUT2D eigenvalue weighted by molar-refractivity contribution is 7.17. The van der Waals surface area contributed by atoms with Gasteiger partial charge < -0.3 is 4.74 Å². The number of fused-ring (bicyclic) bond motifs is 1. The van der Waals surface area contributed by atoms with Crippen LogP contribution in [0.4, 0.5) is 5.00 Å². The minimum atomic E-state index is -0.779. The lowest BCUT2D eigenvalue weighted by molar-refractivity contribution is -0.154. The van der Waals surface area contributed by atoms with Crippen molar-refractivity contribution in [3.8, 4) is 0 Å². The van der Waals surface area contributed by atoms with Gasteiger partial charge in [-0.05, 0) is 59.6 Å². The van der Waals surface area contributed by atoms with Crippen molar-refractivity contribution in [2.75, 3.05) is 4.90 Å². The van der Waals surface area contributed by atoms with Gasteiger partial charge in [0.15, 0.2) is 0 Å². The number of aliphatic imine (C=N–C) groups is 1. The Morgan fingerprint density at radius 3 is 2.52 bits per heavy atom. The van der Waals surface area contributed by atoms with E-state index in [1.165, 1.54) is 11.3 Å². The second-order valence-electron chi connectivity index (χ2n) is 8.41. The molecule has 0 bridgehead atoms. The Kier molecular flexibility index (Phi) is 7.54. The van der Waals surface area contributed by atoms with Gasteiger partial charge in [-0.1, -0.05) is 30.9 Å².